The quantitative estimate of drug-likeness (QED) is 0.901. The van der Waals surface area contributed by atoms with Crippen LogP contribution in [0.4, 0.5) is 11.4 Å². The Morgan fingerprint density at radius 3 is 2.17 bits per heavy atom. The van der Waals surface area contributed by atoms with Gasteiger partial charge in [0.15, 0.2) is 0 Å². The van der Waals surface area contributed by atoms with Gasteiger partial charge in [0.05, 0.1) is 4.90 Å². The van der Waals surface area contributed by atoms with E-state index in [4.69, 9.17) is 0 Å². The van der Waals surface area contributed by atoms with Gasteiger partial charge in [0.25, 0.3) is 10.0 Å². The maximum absolute atomic E-state index is 12.5. The van der Waals surface area contributed by atoms with Crippen molar-refractivity contribution in [3.05, 3.63) is 53.1 Å². The molecule has 5 nitrogen and oxygen atoms in total. The highest BCUT2D eigenvalue weighted by Crippen LogP contribution is 2.23. The fourth-order valence-electron chi connectivity index (χ4n) is 2.15. The van der Waals surface area contributed by atoms with Crippen molar-refractivity contribution in [3.63, 3.8) is 0 Å². The summed E-state index contributed by atoms with van der Waals surface area (Å²) in [5.41, 5.74) is 3.92. The summed E-state index contributed by atoms with van der Waals surface area (Å²) in [5, 5.41) is 2.66. The Bertz CT molecular complexity index is 858. The highest BCUT2D eigenvalue weighted by atomic mass is 32.2. The molecule has 2 N–H and O–H groups in total. The first-order chi connectivity index (χ1) is 10.7. The zero-order chi connectivity index (χ0) is 17.2. The van der Waals surface area contributed by atoms with E-state index in [1.54, 1.807) is 25.1 Å². The molecule has 0 fully saturated rings. The molecular formula is C17H20N2O3S. The molecule has 0 aliphatic rings. The maximum atomic E-state index is 12.5. The number of amides is 1. The predicted molar refractivity (Wildman–Crippen MR) is 92.2 cm³/mol. The van der Waals surface area contributed by atoms with Crippen molar-refractivity contribution in [3.8, 4) is 0 Å². The average Bonchev–Trinajstić information content (AvgIpc) is 2.44. The van der Waals surface area contributed by atoms with E-state index in [0.717, 1.165) is 11.1 Å². The molecule has 0 bridgehead atoms. The molecule has 0 saturated carbocycles. The highest BCUT2D eigenvalue weighted by Gasteiger charge is 2.16. The van der Waals surface area contributed by atoms with E-state index < -0.39 is 10.0 Å². The van der Waals surface area contributed by atoms with Gasteiger partial charge in [0, 0.05) is 18.3 Å². The predicted octanol–water partition coefficient (Wildman–Crippen LogP) is 3.37. The number of carbonyl (C=O) groups is 1. The van der Waals surface area contributed by atoms with Crippen molar-refractivity contribution in [2.75, 3.05) is 10.0 Å². The van der Waals surface area contributed by atoms with E-state index in [9.17, 15) is 13.2 Å². The van der Waals surface area contributed by atoms with E-state index >= 15 is 0 Å². The van der Waals surface area contributed by atoms with E-state index in [2.05, 4.69) is 10.0 Å². The van der Waals surface area contributed by atoms with E-state index in [1.807, 2.05) is 19.9 Å². The first-order valence-corrected chi connectivity index (χ1v) is 8.65. The van der Waals surface area contributed by atoms with E-state index in [0.29, 0.717) is 16.9 Å². The van der Waals surface area contributed by atoms with Crippen molar-refractivity contribution in [2.24, 2.45) is 0 Å². The Balaban J connectivity index is 2.30. The summed E-state index contributed by atoms with van der Waals surface area (Å²) in [7, 11) is -3.67. The van der Waals surface area contributed by atoms with Crippen LogP contribution in [-0.2, 0) is 14.8 Å². The highest BCUT2D eigenvalue weighted by molar-refractivity contribution is 7.92. The van der Waals surface area contributed by atoms with Crippen molar-refractivity contribution in [2.45, 2.75) is 32.6 Å². The lowest BCUT2D eigenvalue weighted by molar-refractivity contribution is -0.114. The first-order valence-electron chi connectivity index (χ1n) is 7.17. The van der Waals surface area contributed by atoms with Gasteiger partial charge < -0.3 is 5.32 Å². The minimum atomic E-state index is -3.67. The summed E-state index contributed by atoms with van der Waals surface area (Å²) in [6.45, 7) is 7.06. The van der Waals surface area contributed by atoms with Gasteiger partial charge >= 0.3 is 0 Å². The Labute approximate surface area is 136 Å². The number of sulfonamides is 1. The molecule has 0 atom stereocenters. The first kappa shape index (κ1) is 17.0. The Kier molecular flexibility index (Phi) is 4.75. The molecule has 0 radical (unpaired) electrons. The van der Waals surface area contributed by atoms with Crippen LogP contribution in [0.15, 0.2) is 41.3 Å². The number of benzene rings is 2. The van der Waals surface area contributed by atoms with Crippen LogP contribution in [0.25, 0.3) is 0 Å². The molecule has 0 aliphatic carbocycles. The molecular weight excluding hydrogens is 312 g/mol. The average molecular weight is 332 g/mol. The molecule has 122 valence electrons. The van der Waals surface area contributed by atoms with E-state index in [-0.39, 0.29) is 10.8 Å². The number of hydrogen-bond acceptors (Lipinski definition) is 3. The largest absolute Gasteiger partial charge is 0.326 e. The Morgan fingerprint density at radius 1 is 0.913 bits per heavy atom. The number of hydrogen-bond donors (Lipinski definition) is 2. The van der Waals surface area contributed by atoms with Gasteiger partial charge in [-0.3, -0.25) is 9.52 Å². The normalized spacial score (nSPS) is 11.1. The van der Waals surface area contributed by atoms with Crippen LogP contribution in [0.1, 0.15) is 23.6 Å². The monoisotopic (exact) mass is 332 g/mol. The van der Waals surface area contributed by atoms with Gasteiger partial charge in [0.1, 0.15) is 0 Å². The number of carbonyl (C=O) groups excluding carboxylic acids is 1. The fraction of sp³-hybridized carbons (Fsp3) is 0.235. The molecule has 0 saturated heterocycles. The molecule has 23 heavy (non-hydrogen) atoms. The third-order valence-corrected chi connectivity index (χ3v) is 4.96. The lowest BCUT2D eigenvalue weighted by Gasteiger charge is -2.12. The smallest absolute Gasteiger partial charge is 0.261 e. The van der Waals surface area contributed by atoms with Crippen LogP contribution >= 0.6 is 0 Å². The van der Waals surface area contributed by atoms with Gasteiger partial charge in [-0.05, 0) is 67.8 Å². The molecule has 1 amide bonds. The lowest BCUT2D eigenvalue weighted by Crippen LogP contribution is -2.14. The standard InChI is InChI=1S/C17H20N2O3S/c1-11-5-6-15(9-12(11)2)19-23(21,22)16-7-8-17(13(3)10-16)18-14(4)20/h5-10,19H,1-4H3,(H,18,20). The number of rotatable bonds is 4. The fourth-order valence-corrected chi connectivity index (χ4v) is 3.29. The van der Waals surface area contributed by atoms with Gasteiger partial charge in [-0.2, -0.15) is 0 Å². The molecule has 2 aromatic carbocycles. The van der Waals surface area contributed by atoms with Crippen molar-refractivity contribution < 1.29 is 13.2 Å². The van der Waals surface area contributed by atoms with Crippen molar-refractivity contribution in [1.82, 2.24) is 0 Å². The molecule has 6 heteroatoms. The molecule has 0 unspecified atom stereocenters. The third-order valence-electron chi connectivity index (χ3n) is 3.58. The summed E-state index contributed by atoms with van der Waals surface area (Å²) in [6, 6.07) is 10.0. The molecule has 0 heterocycles. The zero-order valence-electron chi connectivity index (χ0n) is 13.6. The summed E-state index contributed by atoms with van der Waals surface area (Å²) in [6.07, 6.45) is 0. The van der Waals surface area contributed by atoms with E-state index in [1.165, 1.54) is 19.1 Å². The molecule has 0 aliphatic heterocycles. The zero-order valence-corrected chi connectivity index (χ0v) is 14.4. The van der Waals surface area contributed by atoms with Crippen LogP contribution in [0.3, 0.4) is 0 Å². The van der Waals surface area contributed by atoms with Crippen LogP contribution in [0.5, 0.6) is 0 Å². The van der Waals surface area contributed by atoms with Gasteiger partial charge in [0.2, 0.25) is 5.91 Å². The minimum Gasteiger partial charge on any atom is -0.326 e. The Hall–Kier alpha value is -2.34. The van der Waals surface area contributed by atoms with Crippen LogP contribution in [0.2, 0.25) is 0 Å². The van der Waals surface area contributed by atoms with Crippen LogP contribution < -0.4 is 10.0 Å². The second-order valence-corrected chi connectivity index (χ2v) is 7.24. The summed E-state index contributed by atoms with van der Waals surface area (Å²) in [5.74, 6) is -0.197. The summed E-state index contributed by atoms with van der Waals surface area (Å²) in [4.78, 5) is 11.3. The number of aryl methyl sites for hydroxylation is 3. The molecule has 0 aromatic heterocycles. The van der Waals surface area contributed by atoms with Gasteiger partial charge in [-0.1, -0.05) is 6.07 Å². The van der Waals surface area contributed by atoms with Crippen LogP contribution in [-0.4, -0.2) is 14.3 Å². The SMILES string of the molecule is CC(=O)Nc1ccc(S(=O)(=O)Nc2ccc(C)c(C)c2)cc1C. The topological polar surface area (TPSA) is 75.3 Å². The number of nitrogens with one attached hydrogen (secondary N) is 2. The van der Waals surface area contributed by atoms with Crippen molar-refractivity contribution >= 4 is 27.3 Å². The van der Waals surface area contributed by atoms with Gasteiger partial charge in [-0.15, -0.1) is 0 Å². The lowest BCUT2D eigenvalue weighted by atomic mass is 10.1. The molecule has 2 rings (SSSR count). The third kappa shape index (κ3) is 4.10. The van der Waals surface area contributed by atoms with Crippen molar-refractivity contribution in [1.29, 1.82) is 0 Å². The van der Waals surface area contributed by atoms with Crippen LogP contribution in [0, 0.1) is 20.8 Å². The van der Waals surface area contributed by atoms with Gasteiger partial charge in [-0.25, -0.2) is 8.42 Å². The Morgan fingerprint density at radius 2 is 1.61 bits per heavy atom. The number of anilines is 2. The summed E-state index contributed by atoms with van der Waals surface area (Å²) >= 11 is 0. The molecule has 0 spiro atoms. The molecule has 2 aromatic rings. The second kappa shape index (κ2) is 6.42. The summed E-state index contributed by atoms with van der Waals surface area (Å²) < 4.78 is 27.5. The second-order valence-electron chi connectivity index (χ2n) is 5.56. The maximum Gasteiger partial charge on any atom is 0.261 e. The minimum absolute atomic E-state index is 0.155.